The zero-order valence-electron chi connectivity index (χ0n) is 13.2. The highest BCUT2D eigenvalue weighted by Gasteiger charge is 2.21. The lowest BCUT2D eigenvalue weighted by atomic mass is 9.93. The Morgan fingerprint density at radius 1 is 1.30 bits per heavy atom. The van der Waals surface area contributed by atoms with E-state index in [4.69, 9.17) is 4.74 Å². The molecule has 0 saturated heterocycles. The van der Waals surface area contributed by atoms with Crippen molar-refractivity contribution < 1.29 is 4.74 Å². The zero-order chi connectivity index (χ0) is 14.4. The van der Waals surface area contributed by atoms with E-state index in [2.05, 4.69) is 30.3 Å². The highest BCUT2D eigenvalue weighted by molar-refractivity contribution is 5.09. The SMILES string of the molecule is CCCNC1CCC(OCc2cc(CC)nn2C)CC1. The lowest BCUT2D eigenvalue weighted by Gasteiger charge is -2.29. The van der Waals surface area contributed by atoms with Gasteiger partial charge in [0.05, 0.1) is 24.1 Å². The van der Waals surface area contributed by atoms with Crippen molar-refractivity contribution >= 4 is 0 Å². The van der Waals surface area contributed by atoms with E-state index in [0.29, 0.717) is 18.8 Å². The largest absolute Gasteiger partial charge is 0.372 e. The second-order valence-electron chi connectivity index (χ2n) is 5.84. The van der Waals surface area contributed by atoms with E-state index < -0.39 is 0 Å². The fourth-order valence-corrected chi connectivity index (χ4v) is 2.86. The second kappa shape index (κ2) is 7.79. The van der Waals surface area contributed by atoms with Crippen LogP contribution in [0.3, 0.4) is 0 Å². The van der Waals surface area contributed by atoms with Crippen molar-refractivity contribution in [2.45, 2.75) is 71.1 Å². The van der Waals surface area contributed by atoms with Gasteiger partial charge in [0.1, 0.15) is 0 Å². The van der Waals surface area contributed by atoms with E-state index in [-0.39, 0.29) is 0 Å². The lowest BCUT2D eigenvalue weighted by molar-refractivity contribution is 0.00854. The first-order chi connectivity index (χ1) is 9.72. The van der Waals surface area contributed by atoms with Gasteiger partial charge in [0.25, 0.3) is 0 Å². The number of aryl methyl sites for hydroxylation is 2. The number of aromatic nitrogens is 2. The summed E-state index contributed by atoms with van der Waals surface area (Å²) in [6.45, 7) is 6.20. The van der Waals surface area contributed by atoms with Crippen molar-refractivity contribution in [3.8, 4) is 0 Å². The number of nitrogens with zero attached hydrogens (tertiary/aromatic N) is 2. The minimum absolute atomic E-state index is 0.426. The van der Waals surface area contributed by atoms with Crippen LogP contribution in [-0.4, -0.2) is 28.5 Å². The third-order valence-corrected chi connectivity index (χ3v) is 4.21. The van der Waals surface area contributed by atoms with Crippen LogP contribution in [0.1, 0.15) is 57.3 Å². The average Bonchev–Trinajstić information content (AvgIpc) is 2.84. The molecule has 1 aliphatic rings. The molecule has 1 N–H and O–H groups in total. The minimum Gasteiger partial charge on any atom is -0.372 e. The normalized spacial score (nSPS) is 23.1. The average molecular weight is 279 g/mol. The van der Waals surface area contributed by atoms with Crippen molar-refractivity contribution in [1.29, 1.82) is 0 Å². The maximum Gasteiger partial charge on any atom is 0.0888 e. The smallest absolute Gasteiger partial charge is 0.0888 e. The van der Waals surface area contributed by atoms with Gasteiger partial charge in [0, 0.05) is 13.1 Å². The van der Waals surface area contributed by atoms with E-state index in [9.17, 15) is 0 Å². The molecule has 1 heterocycles. The van der Waals surface area contributed by atoms with Crippen molar-refractivity contribution in [2.75, 3.05) is 6.54 Å². The molecule has 0 aliphatic heterocycles. The Bertz CT molecular complexity index is 394. The molecule has 2 rings (SSSR count). The molecule has 114 valence electrons. The molecule has 1 aromatic rings. The van der Waals surface area contributed by atoms with Crippen LogP contribution in [-0.2, 0) is 24.8 Å². The van der Waals surface area contributed by atoms with Crippen LogP contribution in [0.2, 0.25) is 0 Å². The summed E-state index contributed by atoms with van der Waals surface area (Å²) in [5.41, 5.74) is 2.34. The van der Waals surface area contributed by atoms with Crippen molar-refractivity contribution in [1.82, 2.24) is 15.1 Å². The fraction of sp³-hybridized carbons (Fsp3) is 0.812. The number of hydrogen-bond acceptors (Lipinski definition) is 3. The molecular weight excluding hydrogens is 250 g/mol. The molecule has 0 amide bonds. The van der Waals surface area contributed by atoms with Crippen molar-refractivity contribution in [2.24, 2.45) is 7.05 Å². The highest BCUT2D eigenvalue weighted by atomic mass is 16.5. The first-order valence-electron chi connectivity index (χ1n) is 8.09. The third-order valence-electron chi connectivity index (χ3n) is 4.21. The fourth-order valence-electron chi connectivity index (χ4n) is 2.86. The van der Waals surface area contributed by atoms with Crippen LogP contribution in [0.5, 0.6) is 0 Å². The monoisotopic (exact) mass is 279 g/mol. The summed E-state index contributed by atoms with van der Waals surface area (Å²) in [6, 6.07) is 2.87. The molecule has 0 unspecified atom stereocenters. The first-order valence-corrected chi connectivity index (χ1v) is 8.09. The van der Waals surface area contributed by atoms with Crippen molar-refractivity contribution in [3.05, 3.63) is 17.5 Å². The molecule has 1 aliphatic carbocycles. The molecule has 20 heavy (non-hydrogen) atoms. The van der Waals surface area contributed by atoms with Crippen molar-refractivity contribution in [3.63, 3.8) is 0 Å². The summed E-state index contributed by atoms with van der Waals surface area (Å²) in [5.74, 6) is 0. The first kappa shape index (κ1) is 15.5. The molecule has 1 aromatic heterocycles. The summed E-state index contributed by atoms with van der Waals surface area (Å²) < 4.78 is 8.02. The maximum absolute atomic E-state index is 6.07. The molecule has 1 saturated carbocycles. The number of rotatable bonds is 7. The van der Waals surface area contributed by atoms with Gasteiger partial charge in [-0.25, -0.2) is 0 Å². The summed E-state index contributed by atoms with van der Waals surface area (Å²) in [6.07, 6.45) is 7.49. The number of hydrogen-bond donors (Lipinski definition) is 1. The zero-order valence-corrected chi connectivity index (χ0v) is 13.2. The Kier molecular flexibility index (Phi) is 6.05. The molecule has 0 radical (unpaired) electrons. The molecule has 0 aromatic carbocycles. The molecule has 0 bridgehead atoms. The molecular formula is C16H29N3O. The van der Waals surface area contributed by atoms with Crippen LogP contribution < -0.4 is 5.32 Å². The van der Waals surface area contributed by atoms with Gasteiger partial charge >= 0.3 is 0 Å². The highest BCUT2D eigenvalue weighted by Crippen LogP contribution is 2.22. The predicted molar refractivity (Wildman–Crippen MR) is 81.7 cm³/mol. The minimum atomic E-state index is 0.426. The Labute approximate surface area is 122 Å². The van der Waals surface area contributed by atoms with Crippen LogP contribution in [0.15, 0.2) is 6.07 Å². The summed E-state index contributed by atoms with van der Waals surface area (Å²) in [5, 5.41) is 8.08. The summed E-state index contributed by atoms with van der Waals surface area (Å²) in [4.78, 5) is 0. The Balaban J connectivity index is 1.71. The van der Waals surface area contributed by atoms with Crippen LogP contribution in [0, 0.1) is 0 Å². The van der Waals surface area contributed by atoms with E-state index in [1.807, 2.05) is 11.7 Å². The quantitative estimate of drug-likeness (QED) is 0.834. The molecule has 4 heteroatoms. The van der Waals surface area contributed by atoms with Gasteiger partial charge in [-0.15, -0.1) is 0 Å². The number of ether oxygens (including phenoxy) is 1. The molecule has 0 spiro atoms. The standard InChI is InChI=1S/C16H29N3O/c1-4-10-17-14-6-8-16(9-7-14)20-12-15-11-13(5-2)18-19(15)3/h11,14,16-17H,4-10,12H2,1-3H3. The van der Waals surface area contributed by atoms with Gasteiger partial charge in [-0.1, -0.05) is 13.8 Å². The van der Waals surface area contributed by atoms with Gasteiger partial charge in [-0.3, -0.25) is 4.68 Å². The molecule has 1 fully saturated rings. The topological polar surface area (TPSA) is 39.1 Å². The Morgan fingerprint density at radius 2 is 2.05 bits per heavy atom. The summed E-state index contributed by atoms with van der Waals surface area (Å²) >= 11 is 0. The van der Waals surface area contributed by atoms with E-state index in [0.717, 1.165) is 18.7 Å². The molecule has 0 atom stereocenters. The van der Waals surface area contributed by atoms with Gasteiger partial charge < -0.3 is 10.1 Å². The van der Waals surface area contributed by atoms with Gasteiger partial charge in [0.2, 0.25) is 0 Å². The number of nitrogens with one attached hydrogen (secondary N) is 1. The van der Waals surface area contributed by atoms with E-state index in [1.165, 1.54) is 37.8 Å². The second-order valence-corrected chi connectivity index (χ2v) is 5.84. The maximum atomic E-state index is 6.07. The summed E-state index contributed by atoms with van der Waals surface area (Å²) in [7, 11) is 2.00. The Morgan fingerprint density at radius 3 is 2.65 bits per heavy atom. The lowest BCUT2D eigenvalue weighted by Crippen LogP contribution is -2.35. The predicted octanol–water partition coefficient (Wildman–Crippen LogP) is 2.81. The molecule has 4 nitrogen and oxygen atoms in total. The Hall–Kier alpha value is -0.870. The van der Waals surface area contributed by atoms with Crippen LogP contribution >= 0.6 is 0 Å². The third kappa shape index (κ3) is 4.32. The van der Waals surface area contributed by atoms with Gasteiger partial charge in [0.15, 0.2) is 0 Å². The van der Waals surface area contributed by atoms with E-state index >= 15 is 0 Å². The van der Waals surface area contributed by atoms with E-state index in [1.54, 1.807) is 0 Å². The van der Waals surface area contributed by atoms with Gasteiger partial charge in [-0.05, 0) is 51.1 Å². The van der Waals surface area contributed by atoms with Gasteiger partial charge in [-0.2, -0.15) is 5.10 Å². The van der Waals surface area contributed by atoms with Crippen LogP contribution in [0.25, 0.3) is 0 Å². The van der Waals surface area contributed by atoms with Crippen LogP contribution in [0.4, 0.5) is 0 Å².